The summed E-state index contributed by atoms with van der Waals surface area (Å²) in [6.07, 6.45) is 3.28. The maximum Gasteiger partial charge on any atom is 0.209 e. The van der Waals surface area contributed by atoms with Crippen molar-refractivity contribution in [3.63, 3.8) is 0 Å². The van der Waals surface area contributed by atoms with E-state index in [9.17, 15) is 0 Å². The standard InChI is InChI=1S/C15H12N2O2S/c1-18-12-6-4-11(5-7-12)14-10-20-15(17-14)16-9-13-3-2-8-19-13/h2-10H,1H3/b16-9+. The van der Waals surface area contributed by atoms with Gasteiger partial charge in [-0.15, -0.1) is 11.3 Å². The first kappa shape index (κ1) is 12.6. The van der Waals surface area contributed by atoms with Crippen LogP contribution in [0.3, 0.4) is 0 Å². The van der Waals surface area contributed by atoms with E-state index in [0.29, 0.717) is 10.9 Å². The normalized spacial score (nSPS) is 11.1. The highest BCUT2D eigenvalue weighted by Crippen LogP contribution is 2.27. The van der Waals surface area contributed by atoms with Gasteiger partial charge in [0, 0.05) is 10.9 Å². The number of aromatic nitrogens is 1. The molecular formula is C15H12N2O2S. The van der Waals surface area contributed by atoms with Crippen LogP contribution in [0.2, 0.25) is 0 Å². The first-order valence-corrected chi connectivity index (χ1v) is 6.90. The monoisotopic (exact) mass is 284 g/mol. The quantitative estimate of drug-likeness (QED) is 0.676. The fraction of sp³-hybridized carbons (Fsp3) is 0.0667. The van der Waals surface area contributed by atoms with Crippen LogP contribution in [0, 0.1) is 0 Å². The van der Waals surface area contributed by atoms with Crippen LogP contribution >= 0.6 is 11.3 Å². The number of hydrogen-bond donors (Lipinski definition) is 0. The molecule has 2 heterocycles. The van der Waals surface area contributed by atoms with Crippen LogP contribution in [0.1, 0.15) is 5.76 Å². The lowest BCUT2D eigenvalue weighted by molar-refractivity contribution is 0.415. The van der Waals surface area contributed by atoms with Crippen molar-refractivity contribution in [3.8, 4) is 17.0 Å². The second kappa shape index (κ2) is 5.71. The molecule has 0 N–H and O–H groups in total. The van der Waals surface area contributed by atoms with Crippen LogP contribution in [-0.2, 0) is 0 Å². The first-order chi connectivity index (χ1) is 9.85. The summed E-state index contributed by atoms with van der Waals surface area (Å²) in [5.41, 5.74) is 1.95. The largest absolute Gasteiger partial charge is 0.497 e. The lowest BCUT2D eigenvalue weighted by atomic mass is 10.2. The first-order valence-electron chi connectivity index (χ1n) is 6.03. The molecule has 4 nitrogen and oxygen atoms in total. The molecule has 0 aliphatic rings. The maximum atomic E-state index is 5.19. The van der Waals surface area contributed by atoms with Gasteiger partial charge in [0.05, 0.1) is 25.3 Å². The molecule has 0 radical (unpaired) electrons. The summed E-state index contributed by atoms with van der Waals surface area (Å²) in [4.78, 5) is 8.77. The van der Waals surface area contributed by atoms with Crippen LogP contribution in [0.4, 0.5) is 5.13 Å². The summed E-state index contributed by atoms with van der Waals surface area (Å²) in [5, 5.41) is 2.68. The molecule has 0 fully saturated rings. The second-order valence-corrected chi connectivity index (χ2v) is 4.85. The smallest absolute Gasteiger partial charge is 0.209 e. The molecule has 1 aromatic carbocycles. The Balaban J connectivity index is 1.79. The molecule has 0 bridgehead atoms. The Morgan fingerprint density at radius 1 is 1.25 bits per heavy atom. The molecule has 3 rings (SSSR count). The van der Waals surface area contributed by atoms with Gasteiger partial charge in [-0.3, -0.25) is 0 Å². The molecule has 0 aliphatic heterocycles. The molecule has 0 saturated heterocycles. The Morgan fingerprint density at radius 3 is 2.80 bits per heavy atom. The highest BCUT2D eigenvalue weighted by Gasteiger charge is 2.04. The average molecular weight is 284 g/mol. The van der Waals surface area contributed by atoms with Gasteiger partial charge >= 0.3 is 0 Å². The van der Waals surface area contributed by atoms with Crippen molar-refractivity contribution in [3.05, 3.63) is 53.8 Å². The minimum Gasteiger partial charge on any atom is -0.497 e. The van der Waals surface area contributed by atoms with E-state index in [1.54, 1.807) is 19.6 Å². The third kappa shape index (κ3) is 2.78. The van der Waals surface area contributed by atoms with Gasteiger partial charge in [-0.2, -0.15) is 0 Å². The van der Waals surface area contributed by atoms with E-state index >= 15 is 0 Å². The molecule has 0 aliphatic carbocycles. The molecule has 0 spiro atoms. The van der Waals surface area contributed by atoms with E-state index in [1.165, 1.54) is 11.3 Å². The van der Waals surface area contributed by atoms with E-state index in [-0.39, 0.29) is 0 Å². The molecule has 0 amide bonds. The fourth-order valence-corrected chi connectivity index (χ4v) is 2.37. The van der Waals surface area contributed by atoms with Crippen molar-refractivity contribution < 1.29 is 9.15 Å². The maximum absolute atomic E-state index is 5.19. The highest BCUT2D eigenvalue weighted by molar-refractivity contribution is 7.13. The molecule has 0 saturated carbocycles. The zero-order chi connectivity index (χ0) is 13.8. The molecule has 20 heavy (non-hydrogen) atoms. The van der Waals surface area contributed by atoms with Crippen molar-refractivity contribution in [1.82, 2.24) is 4.98 Å². The molecule has 0 atom stereocenters. The van der Waals surface area contributed by atoms with E-state index in [2.05, 4.69) is 9.98 Å². The Hall–Kier alpha value is -2.40. The highest BCUT2D eigenvalue weighted by atomic mass is 32.1. The molecule has 5 heteroatoms. The predicted molar refractivity (Wildman–Crippen MR) is 80.1 cm³/mol. The summed E-state index contributed by atoms with van der Waals surface area (Å²) in [6.45, 7) is 0. The van der Waals surface area contributed by atoms with E-state index < -0.39 is 0 Å². The topological polar surface area (TPSA) is 47.6 Å². The van der Waals surface area contributed by atoms with E-state index in [0.717, 1.165) is 17.0 Å². The van der Waals surface area contributed by atoms with Crippen molar-refractivity contribution in [2.24, 2.45) is 4.99 Å². The number of ether oxygens (including phenoxy) is 1. The minimum absolute atomic E-state index is 0.701. The van der Waals surface area contributed by atoms with Gasteiger partial charge in [0.1, 0.15) is 11.5 Å². The number of benzene rings is 1. The molecule has 2 aromatic heterocycles. The number of aliphatic imine (C=N–C) groups is 1. The van der Waals surface area contributed by atoms with Crippen LogP contribution in [0.25, 0.3) is 11.3 Å². The SMILES string of the molecule is COc1ccc(-c2csc(/N=C/c3ccco3)n2)cc1. The summed E-state index contributed by atoms with van der Waals surface area (Å²) in [7, 11) is 1.65. The lowest BCUT2D eigenvalue weighted by Crippen LogP contribution is -1.82. The number of nitrogens with zero attached hydrogens (tertiary/aromatic N) is 2. The van der Waals surface area contributed by atoms with E-state index in [1.807, 2.05) is 41.8 Å². The number of thiazole rings is 1. The summed E-state index contributed by atoms with van der Waals surface area (Å²) in [6, 6.07) is 11.5. The van der Waals surface area contributed by atoms with Gasteiger partial charge in [-0.25, -0.2) is 9.98 Å². The molecule has 100 valence electrons. The number of methoxy groups -OCH3 is 1. The van der Waals surface area contributed by atoms with Gasteiger partial charge in [0.15, 0.2) is 0 Å². The van der Waals surface area contributed by atoms with Gasteiger partial charge < -0.3 is 9.15 Å². The van der Waals surface area contributed by atoms with Crippen LogP contribution in [0.5, 0.6) is 5.75 Å². The van der Waals surface area contributed by atoms with Crippen molar-refractivity contribution in [2.75, 3.05) is 7.11 Å². The summed E-state index contributed by atoms with van der Waals surface area (Å²) >= 11 is 1.49. The summed E-state index contributed by atoms with van der Waals surface area (Å²) in [5.74, 6) is 1.55. The fourth-order valence-electron chi connectivity index (χ4n) is 1.70. The minimum atomic E-state index is 0.701. The number of hydrogen-bond acceptors (Lipinski definition) is 5. The Labute approximate surface area is 120 Å². The number of furan rings is 1. The second-order valence-electron chi connectivity index (χ2n) is 4.02. The molecule has 3 aromatic rings. The zero-order valence-corrected chi connectivity index (χ0v) is 11.6. The van der Waals surface area contributed by atoms with Crippen LogP contribution in [-0.4, -0.2) is 18.3 Å². The Morgan fingerprint density at radius 2 is 2.10 bits per heavy atom. The third-order valence-corrected chi connectivity index (χ3v) is 3.47. The van der Waals surface area contributed by atoms with Gasteiger partial charge in [-0.05, 0) is 36.4 Å². The van der Waals surface area contributed by atoms with Crippen molar-refractivity contribution >= 4 is 22.7 Å². The van der Waals surface area contributed by atoms with Crippen molar-refractivity contribution in [2.45, 2.75) is 0 Å². The Bertz CT molecular complexity index is 700. The van der Waals surface area contributed by atoms with E-state index in [4.69, 9.17) is 9.15 Å². The predicted octanol–water partition coefficient (Wildman–Crippen LogP) is 4.16. The number of rotatable bonds is 4. The van der Waals surface area contributed by atoms with Crippen LogP contribution in [0.15, 0.2) is 57.5 Å². The lowest BCUT2D eigenvalue weighted by Gasteiger charge is -2.00. The molecular weight excluding hydrogens is 272 g/mol. The third-order valence-electron chi connectivity index (χ3n) is 2.72. The summed E-state index contributed by atoms with van der Waals surface area (Å²) < 4.78 is 10.3. The average Bonchev–Trinajstić information content (AvgIpc) is 3.17. The van der Waals surface area contributed by atoms with Crippen molar-refractivity contribution in [1.29, 1.82) is 0 Å². The Kier molecular flexibility index (Phi) is 3.60. The van der Waals surface area contributed by atoms with Gasteiger partial charge in [0.2, 0.25) is 5.13 Å². The van der Waals surface area contributed by atoms with Gasteiger partial charge in [-0.1, -0.05) is 0 Å². The molecule has 0 unspecified atom stereocenters. The van der Waals surface area contributed by atoms with Crippen LogP contribution < -0.4 is 4.74 Å². The van der Waals surface area contributed by atoms with Gasteiger partial charge in [0.25, 0.3) is 0 Å². The zero-order valence-electron chi connectivity index (χ0n) is 10.8.